The summed E-state index contributed by atoms with van der Waals surface area (Å²) in [4.78, 5) is 4.32. The Hall–Kier alpha value is -1.68. The molecule has 4 heteroatoms. The van der Waals surface area contributed by atoms with E-state index in [1.165, 1.54) is 5.56 Å². The molecule has 0 radical (unpaired) electrons. The van der Waals surface area contributed by atoms with Gasteiger partial charge in [-0.05, 0) is 43.7 Å². The zero-order valence-electron chi connectivity index (χ0n) is 10.3. The fourth-order valence-corrected chi connectivity index (χ4v) is 1.71. The Kier molecular flexibility index (Phi) is 3.88. The van der Waals surface area contributed by atoms with Crippen molar-refractivity contribution in [1.82, 2.24) is 20.1 Å². The molecule has 0 fully saturated rings. The highest BCUT2D eigenvalue weighted by molar-refractivity contribution is 5.28. The van der Waals surface area contributed by atoms with E-state index >= 15 is 0 Å². The maximum absolute atomic E-state index is 4.32. The second-order valence-corrected chi connectivity index (χ2v) is 4.07. The zero-order valence-corrected chi connectivity index (χ0v) is 10.3. The quantitative estimate of drug-likeness (QED) is 0.857. The first kappa shape index (κ1) is 11.8. The van der Waals surface area contributed by atoms with E-state index in [0.29, 0.717) is 6.04 Å². The van der Waals surface area contributed by atoms with Gasteiger partial charge in [0, 0.05) is 24.6 Å². The van der Waals surface area contributed by atoms with Crippen LogP contribution in [0, 0.1) is 0 Å². The monoisotopic (exact) mass is 230 g/mol. The second kappa shape index (κ2) is 5.59. The average molecular weight is 230 g/mol. The van der Waals surface area contributed by atoms with Gasteiger partial charge in [-0.1, -0.05) is 6.92 Å². The Labute approximate surface area is 102 Å². The molecule has 1 unspecified atom stereocenters. The normalized spacial score (nSPS) is 12.6. The number of nitrogens with zero attached hydrogens (tertiary/aromatic N) is 3. The molecule has 4 nitrogen and oxygen atoms in total. The molecule has 1 N–H and O–H groups in total. The van der Waals surface area contributed by atoms with Crippen LogP contribution in [0.5, 0.6) is 0 Å². The van der Waals surface area contributed by atoms with E-state index < -0.39 is 0 Å². The van der Waals surface area contributed by atoms with Gasteiger partial charge in [-0.3, -0.25) is 0 Å². The smallest absolute Gasteiger partial charge is 0.153 e. The molecule has 0 amide bonds. The minimum Gasteiger partial charge on any atom is -0.310 e. The second-order valence-electron chi connectivity index (χ2n) is 4.07. The van der Waals surface area contributed by atoms with Crippen molar-refractivity contribution in [1.29, 1.82) is 0 Å². The Morgan fingerprint density at radius 1 is 1.41 bits per heavy atom. The van der Waals surface area contributed by atoms with Gasteiger partial charge in [-0.25, -0.2) is 9.67 Å². The van der Waals surface area contributed by atoms with Gasteiger partial charge in [0.25, 0.3) is 0 Å². The van der Waals surface area contributed by atoms with Crippen LogP contribution in [0.3, 0.4) is 0 Å². The summed E-state index contributed by atoms with van der Waals surface area (Å²) in [7, 11) is 0. The first-order valence-corrected chi connectivity index (χ1v) is 6.00. The molecule has 2 rings (SSSR count). The highest BCUT2D eigenvalue weighted by Gasteiger charge is 2.06. The standard InChI is InChI=1S/C13H18N4/c1-3-6-14-11(2)12-5-8-15-13(10-12)17-9-4-7-16-17/h4-5,7-11,14H,3,6H2,1-2H3. The molecule has 0 saturated carbocycles. The van der Waals surface area contributed by atoms with Gasteiger partial charge in [0.05, 0.1) is 0 Å². The summed E-state index contributed by atoms with van der Waals surface area (Å²) in [5.41, 5.74) is 1.24. The first-order chi connectivity index (χ1) is 8.31. The van der Waals surface area contributed by atoms with Crippen LogP contribution in [-0.4, -0.2) is 21.3 Å². The molecular formula is C13H18N4. The minimum atomic E-state index is 0.340. The third-order valence-corrected chi connectivity index (χ3v) is 2.71. The van der Waals surface area contributed by atoms with Crippen LogP contribution in [0.1, 0.15) is 31.9 Å². The van der Waals surface area contributed by atoms with Gasteiger partial charge < -0.3 is 5.32 Å². The molecule has 0 saturated heterocycles. The SMILES string of the molecule is CCCNC(C)c1ccnc(-n2cccn2)c1. The van der Waals surface area contributed by atoms with Crippen molar-refractivity contribution in [2.45, 2.75) is 26.3 Å². The largest absolute Gasteiger partial charge is 0.310 e. The molecule has 2 aromatic heterocycles. The van der Waals surface area contributed by atoms with Gasteiger partial charge in [-0.2, -0.15) is 5.10 Å². The van der Waals surface area contributed by atoms with Crippen LogP contribution in [0.4, 0.5) is 0 Å². The molecule has 0 aromatic carbocycles. The Morgan fingerprint density at radius 3 is 3.00 bits per heavy atom. The van der Waals surface area contributed by atoms with E-state index in [2.05, 4.69) is 35.3 Å². The highest BCUT2D eigenvalue weighted by atomic mass is 15.3. The number of pyridine rings is 1. The lowest BCUT2D eigenvalue weighted by molar-refractivity contribution is 0.569. The molecule has 0 bridgehead atoms. The minimum absolute atomic E-state index is 0.340. The van der Waals surface area contributed by atoms with E-state index in [1.54, 1.807) is 10.9 Å². The van der Waals surface area contributed by atoms with E-state index in [1.807, 2.05) is 24.5 Å². The fourth-order valence-electron chi connectivity index (χ4n) is 1.71. The van der Waals surface area contributed by atoms with Crippen LogP contribution >= 0.6 is 0 Å². The third kappa shape index (κ3) is 2.91. The lowest BCUT2D eigenvalue weighted by Crippen LogP contribution is -2.19. The lowest BCUT2D eigenvalue weighted by atomic mass is 10.1. The summed E-state index contributed by atoms with van der Waals surface area (Å²) in [6, 6.07) is 6.35. The summed E-state index contributed by atoms with van der Waals surface area (Å²) in [6.45, 7) is 5.36. The van der Waals surface area contributed by atoms with Gasteiger partial charge in [0.1, 0.15) is 0 Å². The first-order valence-electron chi connectivity index (χ1n) is 6.00. The highest BCUT2D eigenvalue weighted by Crippen LogP contribution is 2.14. The number of aromatic nitrogens is 3. The summed E-state index contributed by atoms with van der Waals surface area (Å²) in [5, 5.41) is 7.65. The summed E-state index contributed by atoms with van der Waals surface area (Å²) < 4.78 is 1.77. The van der Waals surface area contributed by atoms with Crippen LogP contribution < -0.4 is 5.32 Å². The van der Waals surface area contributed by atoms with Gasteiger partial charge in [-0.15, -0.1) is 0 Å². The summed E-state index contributed by atoms with van der Waals surface area (Å²) in [5.74, 6) is 0.859. The molecule has 2 aromatic rings. The third-order valence-electron chi connectivity index (χ3n) is 2.71. The van der Waals surface area contributed by atoms with Crippen molar-refractivity contribution in [2.75, 3.05) is 6.54 Å². The predicted octanol–water partition coefficient (Wildman–Crippen LogP) is 2.33. The van der Waals surface area contributed by atoms with Crippen molar-refractivity contribution in [2.24, 2.45) is 0 Å². The van der Waals surface area contributed by atoms with Crippen molar-refractivity contribution in [3.63, 3.8) is 0 Å². The summed E-state index contributed by atoms with van der Waals surface area (Å²) >= 11 is 0. The number of nitrogens with one attached hydrogen (secondary N) is 1. The molecular weight excluding hydrogens is 212 g/mol. The van der Waals surface area contributed by atoms with Gasteiger partial charge in [0.2, 0.25) is 0 Å². The van der Waals surface area contributed by atoms with E-state index in [9.17, 15) is 0 Å². The lowest BCUT2D eigenvalue weighted by Gasteiger charge is -2.14. The molecule has 0 aliphatic rings. The van der Waals surface area contributed by atoms with Gasteiger partial charge >= 0.3 is 0 Å². The molecule has 17 heavy (non-hydrogen) atoms. The van der Waals surface area contributed by atoms with Crippen LogP contribution in [-0.2, 0) is 0 Å². The maximum atomic E-state index is 4.32. The average Bonchev–Trinajstić information content (AvgIpc) is 2.90. The van der Waals surface area contributed by atoms with Crippen molar-refractivity contribution in [3.05, 3.63) is 42.4 Å². The molecule has 0 aliphatic carbocycles. The van der Waals surface area contributed by atoms with Crippen LogP contribution in [0.15, 0.2) is 36.8 Å². The number of hydrogen-bond donors (Lipinski definition) is 1. The van der Waals surface area contributed by atoms with E-state index in [0.717, 1.165) is 18.8 Å². The molecule has 0 spiro atoms. The van der Waals surface area contributed by atoms with E-state index in [4.69, 9.17) is 0 Å². The summed E-state index contributed by atoms with van der Waals surface area (Å²) in [6.07, 6.45) is 6.63. The topological polar surface area (TPSA) is 42.7 Å². The molecule has 1 atom stereocenters. The van der Waals surface area contributed by atoms with Crippen molar-refractivity contribution in [3.8, 4) is 5.82 Å². The van der Waals surface area contributed by atoms with Gasteiger partial charge in [0.15, 0.2) is 5.82 Å². The molecule has 2 heterocycles. The van der Waals surface area contributed by atoms with E-state index in [-0.39, 0.29) is 0 Å². The zero-order chi connectivity index (χ0) is 12.1. The maximum Gasteiger partial charge on any atom is 0.153 e. The predicted molar refractivity (Wildman–Crippen MR) is 68.1 cm³/mol. The Bertz CT molecular complexity index is 450. The molecule has 0 aliphatic heterocycles. The number of hydrogen-bond acceptors (Lipinski definition) is 3. The number of rotatable bonds is 5. The fraction of sp³-hybridized carbons (Fsp3) is 0.385. The van der Waals surface area contributed by atoms with Crippen LogP contribution in [0.25, 0.3) is 5.82 Å². The van der Waals surface area contributed by atoms with Crippen LogP contribution in [0.2, 0.25) is 0 Å². The van der Waals surface area contributed by atoms with Crippen molar-refractivity contribution >= 4 is 0 Å². The Balaban J connectivity index is 2.17. The Morgan fingerprint density at radius 2 is 2.29 bits per heavy atom. The van der Waals surface area contributed by atoms with Crippen molar-refractivity contribution < 1.29 is 0 Å². The molecule has 90 valence electrons.